The van der Waals surface area contributed by atoms with Gasteiger partial charge in [-0.15, -0.1) is 36.2 Å². The molecule has 0 unspecified atom stereocenters. The van der Waals surface area contributed by atoms with E-state index in [1.54, 1.807) is 0 Å². The molecule has 3 heterocycles. The lowest BCUT2D eigenvalue weighted by molar-refractivity contribution is -0.133. The summed E-state index contributed by atoms with van der Waals surface area (Å²) in [5.74, 6) is 1.84. The first-order valence-electron chi connectivity index (χ1n) is 8.68. The van der Waals surface area contributed by atoms with Crippen molar-refractivity contribution in [2.45, 2.75) is 45.6 Å². The lowest BCUT2D eigenvalue weighted by Gasteiger charge is -2.34. The highest BCUT2D eigenvalue weighted by Gasteiger charge is 2.25. The molecular formula is C18H27Cl2N3O2S. The molecule has 2 aromatic rings. The second-order valence-electron chi connectivity index (χ2n) is 6.30. The summed E-state index contributed by atoms with van der Waals surface area (Å²) < 4.78 is 5.61. The van der Waals surface area contributed by atoms with Crippen LogP contribution in [-0.2, 0) is 11.2 Å². The highest BCUT2D eigenvalue weighted by molar-refractivity contribution is 7.13. The highest BCUT2D eigenvalue weighted by atomic mass is 35.5. The van der Waals surface area contributed by atoms with Crippen molar-refractivity contribution in [3.63, 3.8) is 0 Å². The number of aromatic nitrogens is 1. The first kappa shape index (κ1) is 23.0. The van der Waals surface area contributed by atoms with Gasteiger partial charge in [-0.05, 0) is 51.4 Å². The molecule has 8 heteroatoms. The molecule has 1 fully saturated rings. The monoisotopic (exact) mass is 419 g/mol. The fourth-order valence-electron chi connectivity index (χ4n) is 3.18. The van der Waals surface area contributed by atoms with Crippen LogP contribution >= 0.6 is 36.2 Å². The van der Waals surface area contributed by atoms with Gasteiger partial charge in [0.2, 0.25) is 5.91 Å². The molecule has 0 radical (unpaired) electrons. The van der Waals surface area contributed by atoms with Crippen molar-refractivity contribution in [1.82, 2.24) is 15.2 Å². The Morgan fingerprint density at radius 3 is 2.69 bits per heavy atom. The number of amides is 1. The van der Waals surface area contributed by atoms with E-state index in [2.05, 4.69) is 22.1 Å². The number of piperidine rings is 1. The van der Waals surface area contributed by atoms with Gasteiger partial charge in [0.25, 0.3) is 0 Å². The third kappa shape index (κ3) is 5.71. The van der Waals surface area contributed by atoms with Gasteiger partial charge in [-0.25, -0.2) is 4.98 Å². The SMILES string of the molecule is CCCN(C(=O)Cc1csc(-c2ccc(C)o2)n1)C1CCNCC1.Cl.Cl. The van der Waals surface area contributed by atoms with E-state index in [1.165, 1.54) is 11.3 Å². The molecule has 1 N–H and O–H groups in total. The van der Waals surface area contributed by atoms with E-state index in [0.29, 0.717) is 12.5 Å². The molecular weight excluding hydrogens is 393 g/mol. The van der Waals surface area contributed by atoms with Crippen LogP contribution in [0.3, 0.4) is 0 Å². The van der Waals surface area contributed by atoms with Crippen LogP contribution in [0.5, 0.6) is 0 Å². The summed E-state index contributed by atoms with van der Waals surface area (Å²) >= 11 is 1.53. The quantitative estimate of drug-likeness (QED) is 0.765. The number of hydrogen-bond donors (Lipinski definition) is 1. The molecule has 2 aromatic heterocycles. The minimum atomic E-state index is 0. The summed E-state index contributed by atoms with van der Waals surface area (Å²) in [4.78, 5) is 19.5. The zero-order chi connectivity index (χ0) is 16.9. The summed E-state index contributed by atoms with van der Waals surface area (Å²) in [7, 11) is 0. The fraction of sp³-hybridized carbons (Fsp3) is 0.556. The van der Waals surface area contributed by atoms with Crippen molar-refractivity contribution in [2.24, 2.45) is 0 Å². The average Bonchev–Trinajstić information content (AvgIpc) is 3.22. The number of nitrogens with zero attached hydrogens (tertiary/aromatic N) is 2. The van der Waals surface area contributed by atoms with Crippen LogP contribution in [0.2, 0.25) is 0 Å². The Hall–Kier alpha value is -1.08. The first-order chi connectivity index (χ1) is 11.7. The van der Waals surface area contributed by atoms with Crippen LogP contribution in [0.1, 0.15) is 37.6 Å². The van der Waals surface area contributed by atoms with E-state index in [0.717, 1.165) is 61.1 Å². The van der Waals surface area contributed by atoms with Crippen molar-refractivity contribution in [3.8, 4) is 10.8 Å². The minimum absolute atomic E-state index is 0. The maximum atomic E-state index is 12.8. The van der Waals surface area contributed by atoms with Crippen molar-refractivity contribution < 1.29 is 9.21 Å². The summed E-state index contributed by atoms with van der Waals surface area (Å²) in [5, 5.41) is 6.18. The molecule has 1 aliphatic rings. The number of halogens is 2. The third-order valence-electron chi connectivity index (χ3n) is 4.37. The molecule has 0 saturated carbocycles. The Bertz CT molecular complexity index is 684. The van der Waals surface area contributed by atoms with Gasteiger partial charge >= 0.3 is 0 Å². The fourth-order valence-corrected chi connectivity index (χ4v) is 3.96. The number of hydrogen-bond acceptors (Lipinski definition) is 5. The van der Waals surface area contributed by atoms with Crippen molar-refractivity contribution >= 4 is 42.1 Å². The topological polar surface area (TPSA) is 58.4 Å². The molecule has 0 aliphatic carbocycles. The average molecular weight is 420 g/mol. The summed E-state index contributed by atoms with van der Waals surface area (Å²) in [6.45, 7) is 6.87. The van der Waals surface area contributed by atoms with Gasteiger partial charge in [0.05, 0.1) is 12.1 Å². The molecule has 5 nitrogen and oxygen atoms in total. The normalized spacial score (nSPS) is 14.4. The Balaban J connectivity index is 0.00000169. The molecule has 1 saturated heterocycles. The van der Waals surface area contributed by atoms with E-state index < -0.39 is 0 Å². The van der Waals surface area contributed by atoms with Crippen LogP contribution in [0.25, 0.3) is 10.8 Å². The van der Waals surface area contributed by atoms with Crippen LogP contribution in [-0.4, -0.2) is 41.5 Å². The van der Waals surface area contributed by atoms with Gasteiger partial charge in [-0.1, -0.05) is 6.92 Å². The van der Waals surface area contributed by atoms with Crippen LogP contribution in [0, 0.1) is 6.92 Å². The molecule has 26 heavy (non-hydrogen) atoms. The highest BCUT2D eigenvalue weighted by Crippen LogP contribution is 2.26. The molecule has 0 aromatic carbocycles. The Labute approximate surface area is 171 Å². The van der Waals surface area contributed by atoms with E-state index >= 15 is 0 Å². The van der Waals surface area contributed by atoms with Gasteiger partial charge in [-0.2, -0.15) is 0 Å². The van der Waals surface area contributed by atoms with Gasteiger partial charge in [0.1, 0.15) is 5.76 Å². The molecule has 146 valence electrons. The Kier molecular flexibility index (Phi) is 9.64. The number of thiazole rings is 1. The van der Waals surface area contributed by atoms with Crippen LogP contribution in [0.4, 0.5) is 0 Å². The van der Waals surface area contributed by atoms with Gasteiger partial charge in [0, 0.05) is 18.0 Å². The number of rotatable bonds is 6. The smallest absolute Gasteiger partial charge is 0.228 e. The number of carbonyl (C=O) groups excluding carboxylic acids is 1. The van der Waals surface area contributed by atoms with Crippen molar-refractivity contribution in [1.29, 1.82) is 0 Å². The summed E-state index contributed by atoms with van der Waals surface area (Å²) in [5.41, 5.74) is 0.837. The number of carbonyl (C=O) groups is 1. The van der Waals surface area contributed by atoms with Gasteiger partial charge in [0.15, 0.2) is 10.8 Å². The summed E-state index contributed by atoms with van der Waals surface area (Å²) in [6.07, 6.45) is 3.45. The second kappa shape index (κ2) is 10.9. The van der Waals surface area contributed by atoms with Crippen LogP contribution in [0.15, 0.2) is 21.9 Å². The van der Waals surface area contributed by atoms with Gasteiger partial charge in [-0.3, -0.25) is 4.79 Å². The van der Waals surface area contributed by atoms with Crippen LogP contribution < -0.4 is 5.32 Å². The molecule has 1 amide bonds. The van der Waals surface area contributed by atoms with Crippen molar-refractivity contribution in [3.05, 3.63) is 29.0 Å². The first-order valence-corrected chi connectivity index (χ1v) is 9.56. The van der Waals surface area contributed by atoms with E-state index in [-0.39, 0.29) is 30.7 Å². The second-order valence-corrected chi connectivity index (χ2v) is 7.16. The summed E-state index contributed by atoms with van der Waals surface area (Å²) in [6, 6.07) is 4.23. The Morgan fingerprint density at radius 2 is 2.08 bits per heavy atom. The number of aryl methyl sites for hydroxylation is 1. The lowest BCUT2D eigenvalue weighted by atomic mass is 10.0. The molecule has 0 bridgehead atoms. The molecule has 3 rings (SSSR count). The van der Waals surface area contributed by atoms with E-state index in [9.17, 15) is 4.79 Å². The molecule has 0 atom stereocenters. The van der Waals surface area contributed by atoms with E-state index in [4.69, 9.17) is 4.42 Å². The maximum Gasteiger partial charge on any atom is 0.228 e. The molecule has 0 spiro atoms. The lowest BCUT2D eigenvalue weighted by Crippen LogP contribution is -2.47. The zero-order valence-corrected chi connectivity index (χ0v) is 17.6. The van der Waals surface area contributed by atoms with Gasteiger partial charge < -0.3 is 14.6 Å². The predicted molar refractivity (Wildman–Crippen MR) is 111 cm³/mol. The predicted octanol–water partition coefficient (Wildman–Crippen LogP) is 4.09. The molecule has 1 aliphatic heterocycles. The largest absolute Gasteiger partial charge is 0.459 e. The Morgan fingerprint density at radius 1 is 1.35 bits per heavy atom. The number of furan rings is 1. The third-order valence-corrected chi connectivity index (χ3v) is 5.28. The zero-order valence-electron chi connectivity index (χ0n) is 15.2. The minimum Gasteiger partial charge on any atom is -0.459 e. The maximum absolute atomic E-state index is 12.8. The van der Waals surface area contributed by atoms with Crippen molar-refractivity contribution in [2.75, 3.05) is 19.6 Å². The number of nitrogens with one attached hydrogen (secondary N) is 1. The standard InChI is InChI=1S/C18H25N3O2S.2ClH/c1-3-10-21(15-6-8-19-9-7-15)17(22)11-14-12-24-18(20-14)16-5-4-13(2)23-16;;/h4-5,12,15,19H,3,6-11H2,1-2H3;2*1H. The van der Waals surface area contributed by atoms with E-state index in [1.807, 2.05) is 24.4 Å².